The van der Waals surface area contributed by atoms with Crippen LogP contribution < -0.4 is 15.4 Å². The Bertz CT molecular complexity index is 743. The number of carbonyl (C=O) groups excluding carboxylic acids is 2. The second-order valence-corrected chi connectivity index (χ2v) is 5.40. The molecular weight excluding hydrogens is 292 g/mol. The van der Waals surface area contributed by atoms with Gasteiger partial charge in [-0.1, -0.05) is 31.2 Å². The van der Waals surface area contributed by atoms with Crippen LogP contribution in [-0.4, -0.2) is 17.9 Å². The molecule has 2 aromatic carbocycles. The number of aryl methyl sites for hydroxylation is 1. The maximum Gasteiger partial charge on any atom is 0.266 e. The molecule has 5 nitrogen and oxygen atoms in total. The molecule has 1 heterocycles. The second kappa shape index (κ2) is 6.52. The molecule has 0 aromatic heterocycles. The lowest BCUT2D eigenvalue weighted by atomic mass is 10.1. The van der Waals surface area contributed by atoms with Crippen molar-refractivity contribution in [3.63, 3.8) is 0 Å². The van der Waals surface area contributed by atoms with Gasteiger partial charge in [0.05, 0.1) is 12.1 Å². The Hall–Kier alpha value is -2.82. The monoisotopic (exact) mass is 310 g/mol. The summed E-state index contributed by atoms with van der Waals surface area (Å²) in [6.07, 6.45) is 0.0461. The van der Waals surface area contributed by atoms with Gasteiger partial charge < -0.3 is 15.4 Å². The van der Waals surface area contributed by atoms with E-state index in [1.165, 1.54) is 0 Å². The van der Waals surface area contributed by atoms with E-state index in [9.17, 15) is 9.59 Å². The van der Waals surface area contributed by atoms with Gasteiger partial charge in [0.15, 0.2) is 6.10 Å². The largest absolute Gasteiger partial charge is 0.478 e. The van der Waals surface area contributed by atoms with Crippen molar-refractivity contribution in [1.82, 2.24) is 0 Å². The van der Waals surface area contributed by atoms with E-state index in [0.29, 0.717) is 11.4 Å². The first-order valence-electron chi connectivity index (χ1n) is 7.61. The minimum absolute atomic E-state index is 0.0312. The van der Waals surface area contributed by atoms with Crippen molar-refractivity contribution < 1.29 is 14.3 Å². The van der Waals surface area contributed by atoms with E-state index in [-0.39, 0.29) is 18.2 Å². The normalized spacial score (nSPS) is 16.0. The average molecular weight is 310 g/mol. The fourth-order valence-electron chi connectivity index (χ4n) is 2.48. The molecule has 0 saturated carbocycles. The Labute approximate surface area is 134 Å². The smallest absolute Gasteiger partial charge is 0.266 e. The molecule has 0 spiro atoms. The number of para-hydroxylation sites is 2. The molecule has 0 bridgehead atoms. The zero-order chi connectivity index (χ0) is 16.2. The van der Waals surface area contributed by atoms with Crippen LogP contribution in [0, 0.1) is 0 Å². The molecule has 0 fully saturated rings. The maximum atomic E-state index is 12.2. The number of carbonyl (C=O) groups is 2. The van der Waals surface area contributed by atoms with Gasteiger partial charge >= 0.3 is 0 Å². The number of anilines is 2. The summed E-state index contributed by atoms with van der Waals surface area (Å²) in [6, 6.07) is 14.8. The number of hydrogen-bond donors (Lipinski definition) is 2. The van der Waals surface area contributed by atoms with Gasteiger partial charge in [-0.15, -0.1) is 0 Å². The molecule has 0 radical (unpaired) electrons. The molecular formula is C18H18N2O3. The molecule has 2 aromatic rings. The number of fused-ring (bicyclic) bond motifs is 1. The number of rotatable bonds is 4. The highest BCUT2D eigenvalue weighted by atomic mass is 16.5. The molecule has 5 heteroatoms. The summed E-state index contributed by atoms with van der Waals surface area (Å²) in [5.74, 6) is 0.0248. The summed E-state index contributed by atoms with van der Waals surface area (Å²) < 4.78 is 5.62. The van der Waals surface area contributed by atoms with Gasteiger partial charge in [0.25, 0.3) is 5.91 Å². The third kappa shape index (κ3) is 3.51. The van der Waals surface area contributed by atoms with Crippen molar-refractivity contribution in [3.8, 4) is 5.75 Å². The van der Waals surface area contributed by atoms with Crippen LogP contribution >= 0.6 is 0 Å². The van der Waals surface area contributed by atoms with Gasteiger partial charge in [-0.3, -0.25) is 9.59 Å². The van der Waals surface area contributed by atoms with Crippen LogP contribution in [0.4, 0.5) is 11.4 Å². The van der Waals surface area contributed by atoms with Gasteiger partial charge in [0.2, 0.25) is 5.91 Å². The molecule has 2 amide bonds. The van der Waals surface area contributed by atoms with E-state index >= 15 is 0 Å². The number of benzene rings is 2. The van der Waals surface area contributed by atoms with Crippen LogP contribution in [0.15, 0.2) is 48.5 Å². The fraction of sp³-hybridized carbons (Fsp3) is 0.222. The molecule has 0 saturated heterocycles. The minimum atomic E-state index is -0.820. The molecule has 2 N–H and O–H groups in total. The van der Waals surface area contributed by atoms with E-state index in [1.807, 2.05) is 36.4 Å². The average Bonchev–Trinajstić information content (AvgIpc) is 2.55. The first-order valence-corrected chi connectivity index (χ1v) is 7.61. The highest BCUT2D eigenvalue weighted by Crippen LogP contribution is 2.29. The van der Waals surface area contributed by atoms with Crippen molar-refractivity contribution in [2.24, 2.45) is 0 Å². The third-order valence-electron chi connectivity index (χ3n) is 3.70. The number of nitrogens with one attached hydrogen (secondary N) is 2. The van der Waals surface area contributed by atoms with E-state index < -0.39 is 6.10 Å². The Kier molecular flexibility index (Phi) is 4.28. The van der Waals surface area contributed by atoms with Crippen molar-refractivity contribution in [1.29, 1.82) is 0 Å². The van der Waals surface area contributed by atoms with E-state index in [1.54, 1.807) is 12.1 Å². The molecule has 1 atom stereocenters. The summed E-state index contributed by atoms with van der Waals surface area (Å²) in [5.41, 5.74) is 2.50. The maximum absolute atomic E-state index is 12.2. The molecule has 23 heavy (non-hydrogen) atoms. The first kappa shape index (κ1) is 15.1. The van der Waals surface area contributed by atoms with Crippen molar-refractivity contribution in [2.45, 2.75) is 25.9 Å². The van der Waals surface area contributed by atoms with Crippen LogP contribution in [0.25, 0.3) is 0 Å². The van der Waals surface area contributed by atoms with Gasteiger partial charge in [0.1, 0.15) is 5.75 Å². The van der Waals surface area contributed by atoms with Crippen LogP contribution in [0.3, 0.4) is 0 Å². The lowest BCUT2D eigenvalue weighted by Crippen LogP contribution is -2.39. The Morgan fingerprint density at radius 1 is 1.22 bits per heavy atom. The quantitative estimate of drug-likeness (QED) is 0.912. The van der Waals surface area contributed by atoms with Crippen molar-refractivity contribution >= 4 is 23.2 Å². The lowest BCUT2D eigenvalue weighted by molar-refractivity contribution is -0.128. The predicted octanol–water partition coefficient (Wildman–Crippen LogP) is 2.98. The van der Waals surface area contributed by atoms with Crippen LogP contribution in [0.2, 0.25) is 0 Å². The molecule has 1 aliphatic rings. The zero-order valence-corrected chi connectivity index (χ0v) is 12.8. The summed E-state index contributed by atoms with van der Waals surface area (Å²) >= 11 is 0. The molecule has 3 rings (SSSR count). The zero-order valence-electron chi connectivity index (χ0n) is 12.8. The van der Waals surface area contributed by atoms with E-state index in [4.69, 9.17) is 4.74 Å². The SMILES string of the molecule is CCc1cccc(NC(=O)CC2Oc3ccccc3NC2=O)c1. The number of amides is 2. The Balaban J connectivity index is 1.65. The summed E-state index contributed by atoms with van der Waals surface area (Å²) in [5, 5.41) is 5.56. The number of ether oxygens (including phenoxy) is 1. The van der Waals surface area contributed by atoms with Crippen LogP contribution in [0.1, 0.15) is 18.9 Å². The Morgan fingerprint density at radius 2 is 2.04 bits per heavy atom. The molecule has 0 aliphatic carbocycles. The Morgan fingerprint density at radius 3 is 2.87 bits per heavy atom. The van der Waals surface area contributed by atoms with Gasteiger partial charge in [0, 0.05) is 5.69 Å². The number of hydrogen-bond acceptors (Lipinski definition) is 3. The van der Waals surface area contributed by atoms with Gasteiger partial charge in [-0.05, 0) is 36.2 Å². The van der Waals surface area contributed by atoms with Crippen molar-refractivity contribution in [3.05, 3.63) is 54.1 Å². The lowest BCUT2D eigenvalue weighted by Gasteiger charge is -2.25. The van der Waals surface area contributed by atoms with Gasteiger partial charge in [-0.2, -0.15) is 0 Å². The minimum Gasteiger partial charge on any atom is -0.478 e. The highest BCUT2D eigenvalue weighted by Gasteiger charge is 2.29. The standard InChI is InChI=1S/C18H18N2O3/c1-2-12-6-5-7-13(10-12)19-17(21)11-16-18(22)20-14-8-3-4-9-15(14)23-16/h3-10,16H,2,11H2,1H3,(H,19,21)(H,20,22). The van der Waals surface area contributed by atoms with Crippen molar-refractivity contribution in [2.75, 3.05) is 10.6 Å². The molecule has 1 unspecified atom stereocenters. The van der Waals surface area contributed by atoms with Crippen LogP contribution in [0.5, 0.6) is 5.75 Å². The molecule has 1 aliphatic heterocycles. The first-order chi connectivity index (χ1) is 11.2. The van der Waals surface area contributed by atoms with E-state index in [2.05, 4.69) is 17.6 Å². The predicted molar refractivity (Wildman–Crippen MR) is 88.6 cm³/mol. The summed E-state index contributed by atoms with van der Waals surface area (Å²) in [6.45, 7) is 2.05. The third-order valence-corrected chi connectivity index (χ3v) is 3.70. The highest BCUT2D eigenvalue weighted by molar-refractivity contribution is 6.01. The van der Waals surface area contributed by atoms with Gasteiger partial charge in [-0.25, -0.2) is 0 Å². The topological polar surface area (TPSA) is 67.4 Å². The second-order valence-electron chi connectivity index (χ2n) is 5.40. The summed E-state index contributed by atoms with van der Waals surface area (Å²) in [7, 11) is 0. The summed E-state index contributed by atoms with van der Waals surface area (Å²) in [4.78, 5) is 24.2. The van der Waals surface area contributed by atoms with Crippen LogP contribution in [-0.2, 0) is 16.0 Å². The van der Waals surface area contributed by atoms with E-state index in [0.717, 1.165) is 17.7 Å². The fourth-order valence-corrected chi connectivity index (χ4v) is 2.48. The molecule has 118 valence electrons.